The van der Waals surface area contributed by atoms with Gasteiger partial charge in [0.2, 0.25) is 0 Å². The Hall–Kier alpha value is 0.870. The van der Waals surface area contributed by atoms with Gasteiger partial charge in [0.25, 0.3) is 0 Å². The Kier molecular flexibility index (Phi) is 1.88. The summed E-state index contributed by atoms with van der Waals surface area (Å²) < 4.78 is 1.18. The molecule has 1 fully saturated rings. The van der Waals surface area contributed by atoms with Gasteiger partial charge in [-0.05, 0) is 0 Å². The van der Waals surface area contributed by atoms with E-state index in [1.807, 2.05) is 0 Å². The first-order chi connectivity index (χ1) is 2.89. The first kappa shape index (κ1) is 5.02. The molecule has 1 saturated carbocycles. The molecule has 32 valence electrons. The van der Waals surface area contributed by atoms with Crippen LogP contribution in [0.1, 0.15) is 25.7 Å². The normalized spacial score (nSPS) is 25.3. The van der Waals surface area contributed by atoms with E-state index in [1.165, 1.54) is 40.9 Å². The van der Waals surface area contributed by atoms with Crippen LogP contribution < -0.4 is 0 Å². The van der Waals surface area contributed by atoms with Crippen LogP contribution in [0.5, 0.6) is 0 Å². The average Bonchev–Trinajstić information content (AvgIpc) is 1.86. The van der Waals surface area contributed by atoms with Gasteiger partial charge in [-0.3, -0.25) is 0 Å². The van der Waals surface area contributed by atoms with Crippen LogP contribution in [-0.2, 0) is 0 Å². The third kappa shape index (κ3) is 1.18. The molecule has 1 heteroatoms. The van der Waals surface area contributed by atoms with Crippen LogP contribution in [-0.4, -0.2) is 24.4 Å². The van der Waals surface area contributed by atoms with Gasteiger partial charge in [-0.2, -0.15) is 0 Å². The van der Waals surface area contributed by atoms with Crippen molar-refractivity contribution in [3.05, 3.63) is 0 Å². The third-order valence-electron chi connectivity index (χ3n) is 1.40. The summed E-state index contributed by atoms with van der Waals surface area (Å²) >= 11 is 1.51. The number of rotatable bonds is 0. The topological polar surface area (TPSA) is 0 Å². The summed E-state index contributed by atoms with van der Waals surface area (Å²) in [6, 6.07) is 0. The molecule has 0 amide bonds. The number of hydrogen-bond acceptors (Lipinski definition) is 0. The predicted octanol–water partition coefficient (Wildman–Crippen LogP) is 1.52. The molecule has 0 N–H and O–H groups in total. The van der Waals surface area contributed by atoms with Crippen LogP contribution in [0.2, 0.25) is 3.67 Å². The molecule has 0 bridgehead atoms. The second kappa shape index (κ2) is 2.25. The number of hydrogen-bond donors (Lipinski definition) is 0. The minimum absolute atomic E-state index is 1.18. The molecule has 1 aliphatic carbocycles. The molecule has 0 heterocycles. The van der Waals surface area contributed by atoms with Crippen LogP contribution in [0.3, 0.4) is 0 Å². The van der Waals surface area contributed by atoms with Crippen LogP contribution in [0, 0.1) is 0 Å². The average molecular weight is 184 g/mol. The van der Waals surface area contributed by atoms with Gasteiger partial charge in [-0.1, -0.05) is 0 Å². The molecule has 0 aromatic heterocycles. The maximum absolute atomic E-state index is 1.54. The molecule has 0 aliphatic heterocycles. The zero-order valence-corrected chi connectivity index (χ0v) is 7.28. The van der Waals surface area contributed by atoms with Gasteiger partial charge in [0.1, 0.15) is 0 Å². The summed E-state index contributed by atoms with van der Waals surface area (Å²) in [7, 11) is 0. The molecule has 6 heavy (non-hydrogen) atoms. The summed E-state index contributed by atoms with van der Waals surface area (Å²) in [4.78, 5) is 0. The van der Waals surface area contributed by atoms with Crippen molar-refractivity contribution >= 4 is 24.4 Å². The van der Waals surface area contributed by atoms with E-state index in [9.17, 15) is 0 Å². The van der Waals surface area contributed by atoms with E-state index in [-0.39, 0.29) is 0 Å². The SMILES string of the molecule is [In][CH]1CCCC1. The van der Waals surface area contributed by atoms with Crippen molar-refractivity contribution < 1.29 is 0 Å². The standard InChI is InChI=1S/C5H9.In/c1-2-4-5-3-1;/h1H,2-5H2;. The molecule has 0 saturated heterocycles. The molecule has 0 spiro atoms. The van der Waals surface area contributed by atoms with Crippen molar-refractivity contribution in [1.82, 2.24) is 0 Å². The quantitative estimate of drug-likeness (QED) is 0.535. The van der Waals surface area contributed by atoms with Crippen molar-refractivity contribution in [3.8, 4) is 0 Å². The Morgan fingerprint density at radius 2 is 1.67 bits per heavy atom. The van der Waals surface area contributed by atoms with E-state index in [1.54, 1.807) is 12.8 Å². The van der Waals surface area contributed by atoms with E-state index in [2.05, 4.69) is 0 Å². The molecular formula is C5H9In. The van der Waals surface area contributed by atoms with E-state index in [0.717, 1.165) is 0 Å². The summed E-state index contributed by atoms with van der Waals surface area (Å²) in [5, 5.41) is 0. The zero-order valence-electron chi connectivity index (χ0n) is 3.98. The van der Waals surface area contributed by atoms with Gasteiger partial charge in [0, 0.05) is 0 Å². The monoisotopic (exact) mass is 184 g/mol. The fraction of sp³-hybridized carbons (Fsp3) is 1.00. The van der Waals surface area contributed by atoms with Crippen LogP contribution in [0.4, 0.5) is 0 Å². The fourth-order valence-corrected chi connectivity index (χ4v) is 2.30. The Balaban J connectivity index is 2.18. The van der Waals surface area contributed by atoms with Crippen molar-refractivity contribution in [3.63, 3.8) is 0 Å². The summed E-state index contributed by atoms with van der Waals surface area (Å²) in [6.07, 6.45) is 6.13. The van der Waals surface area contributed by atoms with Gasteiger partial charge in [-0.15, -0.1) is 0 Å². The van der Waals surface area contributed by atoms with Gasteiger partial charge >= 0.3 is 53.7 Å². The van der Waals surface area contributed by atoms with Crippen molar-refractivity contribution in [1.29, 1.82) is 0 Å². The molecule has 1 rings (SSSR count). The van der Waals surface area contributed by atoms with Crippen LogP contribution >= 0.6 is 0 Å². The molecular weight excluding hydrogens is 175 g/mol. The molecule has 0 aromatic carbocycles. The molecule has 0 aromatic rings. The molecule has 1 aliphatic rings. The third-order valence-corrected chi connectivity index (χ3v) is 3.30. The second-order valence-corrected chi connectivity index (χ2v) is 4.74. The Labute approximate surface area is 53.9 Å². The van der Waals surface area contributed by atoms with Gasteiger partial charge < -0.3 is 0 Å². The second-order valence-electron chi connectivity index (χ2n) is 2.04. The Bertz CT molecular complexity index is 37.2. The first-order valence-corrected chi connectivity index (χ1v) is 4.55. The van der Waals surface area contributed by atoms with Gasteiger partial charge in [0.05, 0.1) is 0 Å². The van der Waals surface area contributed by atoms with Gasteiger partial charge in [0.15, 0.2) is 0 Å². The zero-order chi connectivity index (χ0) is 4.41. The van der Waals surface area contributed by atoms with Gasteiger partial charge in [-0.25, -0.2) is 0 Å². The van der Waals surface area contributed by atoms with Crippen molar-refractivity contribution in [2.24, 2.45) is 0 Å². The van der Waals surface area contributed by atoms with Crippen molar-refractivity contribution in [2.75, 3.05) is 0 Å². The summed E-state index contributed by atoms with van der Waals surface area (Å²) in [6.45, 7) is 0. The van der Waals surface area contributed by atoms with E-state index in [0.29, 0.717) is 0 Å². The fourth-order valence-electron chi connectivity index (χ4n) is 0.957. The van der Waals surface area contributed by atoms with Crippen LogP contribution in [0.25, 0.3) is 0 Å². The molecule has 2 radical (unpaired) electrons. The summed E-state index contributed by atoms with van der Waals surface area (Å²) in [5.41, 5.74) is 0. The van der Waals surface area contributed by atoms with Crippen LogP contribution in [0.15, 0.2) is 0 Å². The minimum atomic E-state index is 1.18. The first-order valence-electron chi connectivity index (χ1n) is 2.65. The van der Waals surface area contributed by atoms with E-state index in [4.69, 9.17) is 0 Å². The van der Waals surface area contributed by atoms with E-state index < -0.39 is 0 Å². The van der Waals surface area contributed by atoms with E-state index >= 15 is 0 Å². The maximum atomic E-state index is 1.54. The Morgan fingerprint density at radius 3 is 1.83 bits per heavy atom. The molecule has 0 atom stereocenters. The molecule has 0 nitrogen and oxygen atoms in total. The Morgan fingerprint density at radius 1 is 1.17 bits per heavy atom. The van der Waals surface area contributed by atoms with Crippen molar-refractivity contribution in [2.45, 2.75) is 29.4 Å². The molecule has 0 unspecified atom stereocenters. The predicted molar refractivity (Wildman–Crippen MR) is 28.0 cm³/mol. The summed E-state index contributed by atoms with van der Waals surface area (Å²) in [5.74, 6) is 0.